The minimum Gasteiger partial charge on any atom is -0.371 e. The van der Waals surface area contributed by atoms with Crippen LogP contribution in [0.15, 0.2) is 49.1 Å². The van der Waals surface area contributed by atoms with Crippen LogP contribution < -0.4 is 0 Å². The predicted octanol–water partition coefficient (Wildman–Crippen LogP) is 5.26. The van der Waals surface area contributed by atoms with Crippen molar-refractivity contribution < 1.29 is 9.47 Å². The molecular formula is C20H30O2. The van der Waals surface area contributed by atoms with Gasteiger partial charge in [0.15, 0.2) is 0 Å². The Balaban J connectivity index is 2.67. The van der Waals surface area contributed by atoms with Crippen molar-refractivity contribution in [1.82, 2.24) is 0 Å². The molecule has 0 amide bonds. The van der Waals surface area contributed by atoms with Gasteiger partial charge in [0.2, 0.25) is 0 Å². The van der Waals surface area contributed by atoms with Crippen molar-refractivity contribution in [3.8, 4) is 0 Å². The SMILES string of the molecule is C=C[C@H](OCCCC)[C@@H](/C=C\c1ccccc1)OCCCC. The number of benzene rings is 1. The fraction of sp³-hybridized carbons (Fsp3) is 0.500. The summed E-state index contributed by atoms with van der Waals surface area (Å²) in [4.78, 5) is 0. The molecule has 122 valence electrons. The molecule has 0 spiro atoms. The Morgan fingerprint density at radius 1 is 0.955 bits per heavy atom. The molecule has 0 saturated carbocycles. The second-order valence-electron chi connectivity index (χ2n) is 5.38. The molecule has 0 bridgehead atoms. The van der Waals surface area contributed by atoms with Gasteiger partial charge in [-0.3, -0.25) is 0 Å². The van der Waals surface area contributed by atoms with E-state index in [0.717, 1.165) is 38.9 Å². The van der Waals surface area contributed by atoms with Crippen LogP contribution in [0.4, 0.5) is 0 Å². The highest BCUT2D eigenvalue weighted by molar-refractivity contribution is 5.49. The fourth-order valence-corrected chi connectivity index (χ4v) is 2.05. The second-order valence-corrected chi connectivity index (χ2v) is 5.38. The van der Waals surface area contributed by atoms with Crippen LogP contribution in [-0.4, -0.2) is 25.4 Å². The third kappa shape index (κ3) is 7.58. The number of rotatable bonds is 12. The van der Waals surface area contributed by atoms with Gasteiger partial charge in [-0.1, -0.05) is 75.2 Å². The van der Waals surface area contributed by atoms with Crippen LogP contribution in [0.25, 0.3) is 6.08 Å². The van der Waals surface area contributed by atoms with Crippen molar-refractivity contribution in [3.63, 3.8) is 0 Å². The molecule has 0 N–H and O–H groups in total. The molecule has 1 aromatic rings. The zero-order valence-corrected chi connectivity index (χ0v) is 14.0. The predicted molar refractivity (Wildman–Crippen MR) is 95.0 cm³/mol. The van der Waals surface area contributed by atoms with E-state index in [1.807, 2.05) is 24.3 Å². The molecule has 2 atom stereocenters. The summed E-state index contributed by atoms with van der Waals surface area (Å²) in [6.07, 6.45) is 10.2. The molecule has 0 aromatic heterocycles. The van der Waals surface area contributed by atoms with Crippen LogP contribution in [-0.2, 0) is 9.47 Å². The lowest BCUT2D eigenvalue weighted by atomic mass is 10.1. The van der Waals surface area contributed by atoms with Crippen LogP contribution in [0.5, 0.6) is 0 Å². The van der Waals surface area contributed by atoms with E-state index >= 15 is 0 Å². The Hall–Kier alpha value is -1.38. The summed E-state index contributed by atoms with van der Waals surface area (Å²) in [7, 11) is 0. The molecular weight excluding hydrogens is 272 g/mol. The molecule has 0 aliphatic rings. The Kier molecular flexibility index (Phi) is 10.3. The molecule has 22 heavy (non-hydrogen) atoms. The van der Waals surface area contributed by atoms with Crippen molar-refractivity contribution >= 4 is 6.08 Å². The van der Waals surface area contributed by atoms with Gasteiger partial charge in [-0.25, -0.2) is 0 Å². The van der Waals surface area contributed by atoms with Crippen LogP contribution in [0, 0.1) is 0 Å². The Morgan fingerprint density at radius 2 is 1.55 bits per heavy atom. The third-order valence-corrected chi connectivity index (χ3v) is 3.45. The maximum atomic E-state index is 6.00. The minimum atomic E-state index is -0.0941. The maximum absolute atomic E-state index is 6.00. The summed E-state index contributed by atoms with van der Waals surface area (Å²) in [5.74, 6) is 0. The summed E-state index contributed by atoms with van der Waals surface area (Å²) >= 11 is 0. The lowest BCUT2D eigenvalue weighted by molar-refractivity contribution is -0.0299. The molecule has 0 aliphatic heterocycles. The summed E-state index contributed by atoms with van der Waals surface area (Å²) < 4.78 is 11.9. The van der Waals surface area contributed by atoms with Crippen LogP contribution in [0.1, 0.15) is 45.1 Å². The van der Waals surface area contributed by atoms with E-state index in [-0.39, 0.29) is 12.2 Å². The highest BCUT2D eigenvalue weighted by Gasteiger charge is 2.17. The number of hydrogen-bond donors (Lipinski definition) is 0. The molecule has 0 saturated heterocycles. The van der Waals surface area contributed by atoms with Gasteiger partial charge in [-0.05, 0) is 18.4 Å². The summed E-state index contributed by atoms with van der Waals surface area (Å²) in [6.45, 7) is 9.74. The smallest absolute Gasteiger partial charge is 0.106 e. The van der Waals surface area contributed by atoms with E-state index in [9.17, 15) is 0 Å². The summed E-state index contributed by atoms with van der Waals surface area (Å²) in [6, 6.07) is 10.3. The average Bonchev–Trinajstić information content (AvgIpc) is 2.56. The Bertz CT molecular complexity index is 411. The van der Waals surface area contributed by atoms with E-state index < -0.39 is 0 Å². The zero-order valence-electron chi connectivity index (χ0n) is 14.0. The van der Waals surface area contributed by atoms with Crippen molar-refractivity contribution in [3.05, 3.63) is 54.6 Å². The summed E-state index contributed by atoms with van der Waals surface area (Å²) in [5.41, 5.74) is 1.17. The van der Waals surface area contributed by atoms with Crippen molar-refractivity contribution in [2.24, 2.45) is 0 Å². The van der Waals surface area contributed by atoms with E-state index in [1.165, 1.54) is 5.56 Å². The molecule has 1 rings (SSSR count). The fourth-order valence-electron chi connectivity index (χ4n) is 2.05. The van der Waals surface area contributed by atoms with Crippen LogP contribution in [0.2, 0.25) is 0 Å². The Labute approximate surface area is 135 Å². The van der Waals surface area contributed by atoms with Gasteiger partial charge >= 0.3 is 0 Å². The first kappa shape index (κ1) is 18.7. The number of unbranched alkanes of at least 4 members (excludes halogenated alkanes) is 2. The van der Waals surface area contributed by atoms with E-state index in [2.05, 4.69) is 44.7 Å². The average molecular weight is 302 g/mol. The minimum absolute atomic E-state index is 0.0823. The molecule has 0 fully saturated rings. The summed E-state index contributed by atoms with van der Waals surface area (Å²) in [5, 5.41) is 0. The van der Waals surface area contributed by atoms with Gasteiger partial charge in [-0.2, -0.15) is 0 Å². The molecule has 2 nitrogen and oxygen atoms in total. The first-order chi connectivity index (χ1) is 10.8. The van der Waals surface area contributed by atoms with Gasteiger partial charge in [0.25, 0.3) is 0 Å². The highest BCUT2D eigenvalue weighted by atomic mass is 16.5. The van der Waals surface area contributed by atoms with Gasteiger partial charge in [0, 0.05) is 13.2 Å². The Morgan fingerprint density at radius 3 is 2.09 bits per heavy atom. The largest absolute Gasteiger partial charge is 0.371 e. The van der Waals surface area contributed by atoms with Crippen LogP contribution in [0.3, 0.4) is 0 Å². The first-order valence-corrected chi connectivity index (χ1v) is 8.40. The molecule has 0 unspecified atom stereocenters. The number of hydrogen-bond acceptors (Lipinski definition) is 2. The normalized spacial score (nSPS) is 14.1. The van der Waals surface area contributed by atoms with Crippen molar-refractivity contribution in [1.29, 1.82) is 0 Å². The van der Waals surface area contributed by atoms with Gasteiger partial charge in [0.05, 0.1) is 0 Å². The quantitative estimate of drug-likeness (QED) is 0.387. The van der Waals surface area contributed by atoms with Crippen LogP contribution >= 0.6 is 0 Å². The molecule has 2 heteroatoms. The highest BCUT2D eigenvalue weighted by Crippen LogP contribution is 2.12. The first-order valence-electron chi connectivity index (χ1n) is 8.40. The van der Waals surface area contributed by atoms with Gasteiger partial charge in [0.1, 0.15) is 12.2 Å². The van der Waals surface area contributed by atoms with E-state index in [1.54, 1.807) is 0 Å². The molecule has 0 heterocycles. The van der Waals surface area contributed by atoms with Gasteiger partial charge < -0.3 is 9.47 Å². The lowest BCUT2D eigenvalue weighted by Crippen LogP contribution is -2.29. The lowest BCUT2D eigenvalue weighted by Gasteiger charge is -2.22. The van der Waals surface area contributed by atoms with Crippen molar-refractivity contribution in [2.45, 2.75) is 51.7 Å². The molecule has 0 aliphatic carbocycles. The number of ether oxygens (including phenoxy) is 2. The zero-order chi connectivity index (χ0) is 16.0. The van der Waals surface area contributed by atoms with Gasteiger partial charge in [-0.15, -0.1) is 6.58 Å². The van der Waals surface area contributed by atoms with Crippen molar-refractivity contribution in [2.75, 3.05) is 13.2 Å². The monoisotopic (exact) mass is 302 g/mol. The maximum Gasteiger partial charge on any atom is 0.106 e. The van der Waals surface area contributed by atoms with E-state index in [0.29, 0.717) is 0 Å². The third-order valence-electron chi connectivity index (χ3n) is 3.45. The topological polar surface area (TPSA) is 18.5 Å². The second kappa shape index (κ2) is 12.2. The van der Waals surface area contributed by atoms with E-state index in [4.69, 9.17) is 9.47 Å². The molecule has 1 aromatic carbocycles. The standard InChI is InChI=1S/C20H30O2/c1-4-7-16-21-19(6-3)20(22-17-8-5-2)15-14-18-12-10-9-11-13-18/h6,9-15,19-20H,3-5,7-8,16-17H2,1-2H3/b15-14-/t19-,20+/m0/s1. The molecule has 0 radical (unpaired) electrons.